The summed E-state index contributed by atoms with van der Waals surface area (Å²) in [6.45, 7) is 4.91. The molecule has 2 aliphatic rings. The lowest BCUT2D eigenvalue weighted by Crippen LogP contribution is -2.40. The highest BCUT2D eigenvalue weighted by atomic mass is 32.2. The van der Waals surface area contributed by atoms with E-state index >= 15 is 0 Å². The molecule has 0 N–H and O–H groups in total. The Morgan fingerprint density at radius 2 is 1.65 bits per heavy atom. The first-order valence-corrected chi connectivity index (χ1v) is 9.99. The topological polar surface area (TPSA) is 49.9 Å². The third-order valence-electron chi connectivity index (χ3n) is 4.61. The predicted molar refractivity (Wildman–Crippen MR) is 89.8 cm³/mol. The quantitative estimate of drug-likeness (QED) is 0.843. The number of benzene rings is 1. The minimum Gasteiger partial charge on any atom is -0.379 e. The Labute approximate surface area is 139 Å². The van der Waals surface area contributed by atoms with Gasteiger partial charge in [0.05, 0.1) is 18.1 Å². The van der Waals surface area contributed by atoms with E-state index in [4.69, 9.17) is 4.74 Å². The zero-order valence-electron chi connectivity index (χ0n) is 13.6. The highest BCUT2D eigenvalue weighted by Crippen LogP contribution is 2.20. The van der Waals surface area contributed by atoms with Crippen molar-refractivity contribution in [1.29, 1.82) is 0 Å². The maximum Gasteiger partial charge on any atom is 0.243 e. The van der Waals surface area contributed by atoms with Gasteiger partial charge in [-0.2, -0.15) is 4.31 Å². The molecule has 1 aromatic carbocycles. The molecule has 0 bridgehead atoms. The average molecular weight is 338 g/mol. The Bertz CT molecular complexity index is 604. The van der Waals surface area contributed by atoms with Crippen molar-refractivity contribution in [3.05, 3.63) is 29.8 Å². The van der Waals surface area contributed by atoms with E-state index in [1.807, 2.05) is 18.2 Å². The number of hydrogen-bond donors (Lipinski definition) is 0. The van der Waals surface area contributed by atoms with E-state index in [1.165, 1.54) is 30.0 Å². The molecule has 0 radical (unpaired) electrons. The fraction of sp³-hybridized carbons (Fsp3) is 0.647. The van der Waals surface area contributed by atoms with Crippen LogP contribution in [0.2, 0.25) is 0 Å². The van der Waals surface area contributed by atoms with Crippen molar-refractivity contribution < 1.29 is 13.2 Å². The van der Waals surface area contributed by atoms with E-state index in [1.54, 1.807) is 6.07 Å². The molecule has 0 amide bonds. The summed E-state index contributed by atoms with van der Waals surface area (Å²) in [5, 5.41) is 0. The molecule has 2 aliphatic heterocycles. The molecular formula is C17H26N2O3S. The van der Waals surface area contributed by atoms with E-state index in [-0.39, 0.29) is 0 Å². The fourth-order valence-electron chi connectivity index (χ4n) is 3.29. The lowest BCUT2D eigenvalue weighted by molar-refractivity contribution is 0.0730. The van der Waals surface area contributed by atoms with E-state index in [0.717, 1.165) is 25.2 Å². The van der Waals surface area contributed by atoms with Crippen LogP contribution >= 0.6 is 0 Å². The number of hydrogen-bond acceptors (Lipinski definition) is 4. The van der Waals surface area contributed by atoms with Crippen molar-refractivity contribution in [3.8, 4) is 0 Å². The summed E-state index contributed by atoms with van der Waals surface area (Å²) in [4.78, 5) is 2.85. The van der Waals surface area contributed by atoms with Crippen LogP contribution in [0.15, 0.2) is 29.2 Å². The summed E-state index contributed by atoms with van der Waals surface area (Å²) in [5.74, 6) is 0. The number of ether oxygens (including phenoxy) is 1. The van der Waals surface area contributed by atoms with Gasteiger partial charge in [0, 0.05) is 19.6 Å². The van der Waals surface area contributed by atoms with Crippen molar-refractivity contribution >= 4 is 10.0 Å². The molecule has 2 heterocycles. The predicted octanol–water partition coefficient (Wildman–Crippen LogP) is 2.08. The summed E-state index contributed by atoms with van der Waals surface area (Å²) in [6, 6.07) is 7.44. The molecule has 23 heavy (non-hydrogen) atoms. The van der Waals surface area contributed by atoms with Crippen LogP contribution in [0.5, 0.6) is 0 Å². The molecule has 6 heteroatoms. The summed E-state index contributed by atoms with van der Waals surface area (Å²) in [5.41, 5.74) is 1.08. The Hall–Kier alpha value is -0.950. The largest absolute Gasteiger partial charge is 0.379 e. The molecule has 5 nitrogen and oxygen atoms in total. The molecule has 0 spiro atoms. The molecule has 128 valence electrons. The maximum atomic E-state index is 12.7. The number of nitrogens with zero attached hydrogens (tertiary/aromatic N) is 2. The average Bonchev–Trinajstić information content (AvgIpc) is 2.85. The van der Waals surface area contributed by atoms with Gasteiger partial charge in [-0.3, -0.25) is 4.90 Å². The van der Waals surface area contributed by atoms with Crippen molar-refractivity contribution in [3.63, 3.8) is 0 Å². The number of sulfonamides is 1. The summed E-state index contributed by atoms with van der Waals surface area (Å²) in [7, 11) is -3.40. The van der Waals surface area contributed by atoms with Crippen LogP contribution in [0.3, 0.4) is 0 Å². The second-order valence-corrected chi connectivity index (χ2v) is 8.29. The van der Waals surface area contributed by atoms with Crippen molar-refractivity contribution in [1.82, 2.24) is 9.21 Å². The van der Waals surface area contributed by atoms with Gasteiger partial charge in [0.25, 0.3) is 0 Å². The van der Waals surface area contributed by atoms with E-state index < -0.39 is 10.0 Å². The standard InChI is InChI=1S/C17H26N2O3S/c20-23(21,19-10-12-22-13-11-19)17-7-5-6-16(14-17)15-18-8-3-1-2-4-9-18/h5-7,14H,1-4,8-13,15H2. The molecule has 2 saturated heterocycles. The lowest BCUT2D eigenvalue weighted by Gasteiger charge is -2.26. The summed E-state index contributed by atoms with van der Waals surface area (Å²) in [6.07, 6.45) is 5.10. The van der Waals surface area contributed by atoms with Gasteiger partial charge < -0.3 is 4.74 Å². The Morgan fingerprint density at radius 1 is 0.957 bits per heavy atom. The van der Waals surface area contributed by atoms with E-state index in [9.17, 15) is 8.42 Å². The van der Waals surface area contributed by atoms with Gasteiger partial charge in [-0.1, -0.05) is 25.0 Å². The van der Waals surface area contributed by atoms with Gasteiger partial charge in [0.15, 0.2) is 0 Å². The molecule has 2 fully saturated rings. The molecule has 0 aromatic heterocycles. The van der Waals surface area contributed by atoms with Crippen LogP contribution in [0, 0.1) is 0 Å². The monoisotopic (exact) mass is 338 g/mol. The van der Waals surface area contributed by atoms with Crippen molar-refractivity contribution in [2.45, 2.75) is 37.1 Å². The Kier molecular flexibility index (Phi) is 5.69. The number of rotatable bonds is 4. The molecular weight excluding hydrogens is 312 g/mol. The Morgan fingerprint density at radius 3 is 2.35 bits per heavy atom. The highest BCUT2D eigenvalue weighted by molar-refractivity contribution is 7.89. The third-order valence-corrected chi connectivity index (χ3v) is 6.51. The third kappa shape index (κ3) is 4.32. The zero-order valence-corrected chi connectivity index (χ0v) is 14.4. The molecule has 1 aromatic rings. The molecule has 0 saturated carbocycles. The zero-order chi connectivity index (χ0) is 16.1. The van der Waals surface area contributed by atoms with Crippen molar-refractivity contribution in [2.75, 3.05) is 39.4 Å². The van der Waals surface area contributed by atoms with Crippen LogP contribution < -0.4 is 0 Å². The molecule has 0 aliphatic carbocycles. The van der Waals surface area contributed by atoms with Crippen LogP contribution in [0.1, 0.15) is 31.2 Å². The summed E-state index contributed by atoms with van der Waals surface area (Å²) >= 11 is 0. The van der Waals surface area contributed by atoms with Gasteiger partial charge in [-0.25, -0.2) is 8.42 Å². The van der Waals surface area contributed by atoms with Crippen molar-refractivity contribution in [2.24, 2.45) is 0 Å². The van der Waals surface area contributed by atoms with Gasteiger partial charge in [-0.05, 0) is 43.6 Å². The minimum absolute atomic E-state index is 0.409. The fourth-order valence-corrected chi connectivity index (χ4v) is 4.77. The van der Waals surface area contributed by atoms with Crippen LogP contribution in [-0.4, -0.2) is 57.0 Å². The molecule has 3 rings (SSSR count). The number of likely N-dealkylation sites (tertiary alicyclic amines) is 1. The second kappa shape index (κ2) is 7.75. The lowest BCUT2D eigenvalue weighted by atomic mass is 10.2. The number of morpholine rings is 1. The van der Waals surface area contributed by atoms with E-state index in [2.05, 4.69) is 4.90 Å². The maximum absolute atomic E-state index is 12.7. The Balaban J connectivity index is 1.73. The van der Waals surface area contributed by atoms with E-state index in [0.29, 0.717) is 31.2 Å². The first-order valence-electron chi connectivity index (χ1n) is 8.55. The molecule has 0 unspecified atom stereocenters. The van der Waals surface area contributed by atoms with Crippen LogP contribution in [-0.2, 0) is 21.3 Å². The normalized spacial score (nSPS) is 21.9. The highest BCUT2D eigenvalue weighted by Gasteiger charge is 2.26. The first kappa shape index (κ1) is 16.9. The van der Waals surface area contributed by atoms with Gasteiger partial charge in [-0.15, -0.1) is 0 Å². The minimum atomic E-state index is -3.40. The molecule has 0 atom stereocenters. The van der Waals surface area contributed by atoms with Crippen LogP contribution in [0.25, 0.3) is 0 Å². The first-order chi connectivity index (χ1) is 11.2. The van der Waals surface area contributed by atoms with Gasteiger partial charge in [0.1, 0.15) is 0 Å². The van der Waals surface area contributed by atoms with Gasteiger partial charge in [0.2, 0.25) is 10.0 Å². The van der Waals surface area contributed by atoms with Gasteiger partial charge >= 0.3 is 0 Å². The van der Waals surface area contributed by atoms with Crippen LogP contribution in [0.4, 0.5) is 0 Å². The summed E-state index contributed by atoms with van der Waals surface area (Å²) < 4.78 is 32.3. The second-order valence-electron chi connectivity index (χ2n) is 6.35. The smallest absolute Gasteiger partial charge is 0.243 e. The SMILES string of the molecule is O=S(=O)(c1cccc(CN2CCCCCC2)c1)N1CCOCC1.